The van der Waals surface area contributed by atoms with Gasteiger partial charge in [0.05, 0.1) is 16.3 Å². The summed E-state index contributed by atoms with van der Waals surface area (Å²) in [5.74, 6) is -0.117. The molecule has 0 aliphatic rings. The second-order valence-corrected chi connectivity index (χ2v) is 8.48. The number of hydrogen-bond donors (Lipinski definition) is 1. The summed E-state index contributed by atoms with van der Waals surface area (Å²) >= 11 is 1.39. The fourth-order valence-corrected chi connectivity index (χ4v) is 4.51. The summed E-state index contributed by atoms with van der Waals surface area (Å²) in [5.41, 5.74) is 4.63. The Labute approximate surface area is 173 Å². The average Bonchev–Trinajstić information content (AvgIpc) is 3.25. The van der Waals surface area contributed by atoms with E-state index in [4.69, 9.17) is 0 Å². The number of hydrogen-bond acceptors (Lipinski definition) is 3. The number of rotatable bonds is 4. The van der Waals surface area contributed by atoms with E-state index in [0.29, 0.717) is 10.8 Å². The van der Waals surface area contributed by atoms with Crippen LogP contribution in [0, 0.1) is 19.7 Å². The van der Waals surface area contributed by atoms with E-state index < -0.39 is 0 Å². The Morgan fingerprint density at radius 3 is 2.55 bits per heavy atom. The quantitative estimate of drug-likeness (QED) is 0.437. The number of fused-ring (bicyclic) bond motifs is 1. The summed E-state index contributed by atoms with van der Waals surface area (Å²) in [6.45, 7) is 8.15. The summed E-state index contributed by atoms with van der Waals surface area (Å²) in [4.78, 5) is 14.5. The lowest BCUT2D eigenvalue weighted by molar-refractivity contribution is 0.103. The van der Waals surface area contributed by atoms with Gasteiger partial charge in [0.15, 0.2) is 0 Å². The van der Waals surface area contributed by atoms with Crippen LogP contribution >= 0.6 is 11.3 Å². The number of amides is 1. The molecule has 1 amide bonds. The van der Waals surface area contributed by atoms with Gasteiger partial charge in [-0.3, -0.25) is 4.79 Å². The molecule has 0 saturated heterocycles. The van der Waals surface area contributed by atoms with E-state index in [9.17, 15) is 9.18 Å². The van der Waals surface area contributed by atoms with Crippen molar-refractivity contribution in [3.63, 3.8) is 0 Å². The number of benzene rings is 2. The molecule has 4 nitrogen and oxygen atoms in total. The van der Waals surface area contributed by atoms with Crippen LogP contribution in [0.4, 0.5) is 10.1 Å². The smallest absolute Gasteiger partial charge is 0.265 e. The van der Waals surface area contributed by atoms with Crippen molar-refractivity contribution >= 4 is 33.1 Å². The normalized spacial score (nSPS) is 11.4. The maximum atomic E-state index is 13.3. The maximum absolute atomic E-state index is 13.3. The number of nitrogens with one attached hydrogen (secondary N) is 1. The fourth-order valence-electron chi connectivity index (χ4n) is 3.43. The molecule has 0 fully saturated rings. The van der Waals surface area contributed by atoms with Crippen molar-refractivity contribution in [1.29, 1.82) is 0 Å². The minimum Gasteiger partial charge on any atom is -0.321 e. The van der Waals surface area contributed by atoms with Crippen molar-refractivity contribution < 1.29 is 9.18 Å². The molecule has 4 aromatic rings. The molecule has 6 heteroatoms. The van der Waals surface area contributed by atoms with Crippen LogP contribution in [0.25, 0.3) is 15.9 Å². The zero-order valence-electron chi connectivity index (χ0n) is 16.8. The number of carbonyl (C=O) groups excluding carboxylic acids is 1. The first kappa shape index (κ1) is 19.3. The van der Waals surface area contributed by atoms with Gasteiger partial charge in [0.1, 0.15) is 10.6 Å². The third-order valence-electron chi connectivity index (χ3n) is 5.01. The Morgan fingerprint density at radius 1 is 1.14 bits per heavy atom. The minimum absolute atomic E-state index is 0.132. The lowest BCUT2D eigenvalue weighted by atomic mass is 9.98. The topological polar surface area (TPSA) is 46.9 Å². The molecule has 0 aliphatic heterocycles. The van der Waals surface area contributed by atoms with E-state index in [2.05, 4.69) is 30.3 Å². The molecule has 0 aliphatic carbocycles. The van der Waals surface area contributed by atoms with E-state index in [-0.39, 0.29) is 11.7 Å². The van der Waals surface area contributed by atoms with Crippen molar-refractivity contribution in [2.45, 2.75) is 33.6 Å². The monoisotopic (exact) mass is 407 g/mol. The Kier molecular flexibility index (Phi) is 4.96. The van der Waals surface area contributed by atoms with Crippen LogP contribution in [0.2, 0.25) is 0 Å². The summed E-state index contributed by atoms with van der Waals surface area (Å²) in [7, 11) is 0. The Bertz CT molecular complexity index is 1210. The van der Waals surface area contributed by atoms with Crippen molar-refractivity contribution in [3.8, 4) is 5.69 Å². The van der Waals surface area contributed by atoms with Gasteiger partial charge in [-0.2, -0.15) is 5.10 Å². The van der Waals surface area contributed by atoms with Gasteiger partial charge in [0, 0.05) is 11.1 Å². The molecule has 2 heterocycles. The molecular weight excluding hydrogens is 385 g/mol. The predicted molar refractivity (Wildman–Crippen MR) is 117 cm³/mol. The molecule has 0 unspecified atom stereocenters. The first-order chi connectivity index (χ1) is 13.8. The van der Waals surface area contributed by atoms with E-state index in [1.54, 1.807) is 16.8 Å². The van der Waals surface area contributed by atoms with Crippen LogP contribution in [-0.2, 0) is 0 Å². The number of aromatic nitrogens is 2. The standard InChI is InChI=1S/C23H22FN3OS/c1-13(2)18-7-5-6-14(3)21(18)25-22(28)20-12-19-15(4)26-27(23(19)29-20)17-10-8-16(24)9-11-17/h5-13H,1-4H3,(H,25,28). The number of anilines is 1. The van der Waals surface area contributed by atoms with Crippen LogP contribution in [-0.4, -0.2) is 15.7 Å². The average molecular weight is 408 g/mol. The highest BCUT2D eigenvalue weighted by atomic mass is 32.1. The molecule has 148 valence electrons. The van der Waals surface area contributed by atoms with E-state index >= 15 is 0 Å². The number of aryl methyl sites for hydroxylation is 2. The number of para-hydroxylation sites is 1. The fraction of sp³-hybridized carbons (Fsp3) is 0.217. The number of carbonyl (C=O) groups is 1. The molecule has 0 atom stereocenters. The van der Waals surface area contributed by atoms with Gasteiger partial charge in [-0.05, 0) is 61.2 Å². The molecular formula is C23H22FN3OS. The summed E-state index contributed by atoms with van der Waals surface area (Å²) < 4.78 is 15.0. The van der Waals surface area contributed by atoms with Crippen LogP contribution in [0.3, 0.4) is 0 Å². The van der Waals surface area contributed by atoms with Crippen LogP contribution in [0.15, 0.2) is 48.5 Å². The van der Waals surface area contributed by atoms with Gasteiger partial charge >= 0.3 is 0 Å². The van der Waals surface area contributed by atoms with E-state index in [0.717, 1.165) is 38.4 Å². The van der Waals surface area contributed by atoms with Crippen molar-refractivity contribution in [2.24, 2.45) is 0 Å². The minimum atomic E-state index is -0.292. The van der Waals surface area contributed by atoms with E-state index in [1.165, 1.54) is 23.5 Å². The van der Waals surface area contributed by atoms with Gasteiger partial charge in [-0.25, -0.2) is 9.07 Å². The largest absolute Gasteiger partial charge is 0.321 e. The summed E-state index contributed by atoms with van der Waals surface area (Å²) in [6, 6.07) is 14.1. The lowest BCUT2D eigenvalue weighted by Crippen LogP contribution is -2.13. The third kappa shape index (κ3) is 3.56. The molecule has 2 aromatic heterocycles. The highest BCUT2D eigenvalue weighted by Crippen LogP contribution is 2.32. The Morgan fingerprint density at radius 2 is 1.86 bits per heavy atom. The number of nitrogens with zero attached hydrogens (tertiary/aromatic N) is 2. The Balaban J connectivity index is 1.72. The maximum Gasteiger partial charge on any atom is 0.265 e. The van der Waals surface area contributed by atoms with Crippen LogP contribution in [0.1, 0.15) is 46.3 Å². The van der Waals surface area contributed by atoms with Crippen molar-refractivity contribution in [3.05, 3.63) is 76.0 Å². The molecule has 0 spiro atoms. The number of halogens is 1. The lowest BCUT2D eigenvalue weighted by Gasteiger charge is -2.16. The number of thiophene rings is 1. The van der Waals surface area contributed by atoms with Gasteiger partial charge in [0.25, 0.3) is 5.91 Å². The molecule has 0 radical (unpaired) electrons. The summed E-state index contributed by atoms with van der Waals surface area (Å²) in [6.07, 6.45) is 0. The van der Waals surface area contributed by atoms with Gasteiger partial charge < -0.3 is 5.32 Å². The highest BCUT2D eigenvalue weighted by molar-refractivity contribution is 7.20. The molecule has 2 aromatic carbocycles. The van der Waals surface area contributed by atoms with Crippen molar-refractivity contribution in [2.75, 3.05) is 5.32 Å². The molecule has 1 N–H and O–H groups in total. The first-order valence-corrected chi connectivity index (χ1v) is 10.3. The first-order valence-electron chi connectivity index (χ1n) is 9.51. The Hall–Kier alpha value is -2.99. The molecule has 0 bridgehead atoms. The van der Waals surface area contributed by atoms with E-state index in [1.807, 2.05) is 32.0 Å². The molecule has 4 rings (SSSR count). The predicted octanol–water partition coefficient (Wildman–Crippen LogP) is 6.22. The third-order valence-corrected chi connectivity index (χ3v) is 6.11. The molecule has 29 heavy (non-hydrogen) atoms. The second kappa shape index (κ2) is 7.44. The molecule has 0 saturated carbocycles. The van der Waals surface area contributed by atoms with Gasteiger partial charge in [-0.1, -0.05) is 32.0 Å². The SMILES string of the molecule is Cc1cccc(C(C)C)c1NC(=O)c1cc2c(C)nn(-c3ccc(F)cc3)c2s1. The highest BCUT2D eigenvalue weighted by Gasteiger charge is 2.19. The summed E-state index contributed by atoms with van der Waals surface area (Å²) in [5, 5.41) is 8.59. The second-order valence-electron chi connectivity index (χ2n) is 7.45. The van der Waals surface area contributed by atoms with Gasteiger partial charge in [-0.15, -0.1) is 11.3 Å². The van der Waals surface area contributed by atoms with Crippen LogP contribution < -0.4 is 5.32 Å². The van der Waals surface area contributed by atoms with Crippen LogP contribution in [0.5, 0.6) is 0 Å². The van der Waals surface area contributed by atoms with Crippen molar-refractivity contribution in [1.82, 2.24) is 9.78 Å². The zero-order chi connectivity index (χ0) is 20.7. The van der Waals surface area contributed by atoms with Gasteiger partial charge in [0.2, 0.25) is 0 Å². The zero-order valence-corrected chi connectivity index (χ0v) is 17.6.